The molecule has 2 bridgehead atoms. The molecule has 0 unspecified atom stereocenters. The second-order valence-electron chi connectivity index (χ2n) is 15.4. The number of aliphatic hydroxyl groups excluding tert-OH is 3. The zero-order valence-corrected chi connectivity index (χ0v) is 29.4. The minimum Gasteiger partial charge on any atom is -0.387 e. The molecule has 0 aliphatic carbocycles. The molecular weight excluding hydrogens is 631 g/mol. The fraction of sp³-hybridized carbons (Fsp3) is 0.632. The third kappa shape index (κ3) is 7.78. The number of ether oxygens (including phenoxy) is 2. The normalized spacial score (nSPS) is 28.9. The first kappa shape index (κ1) is 37.5. The highest BCUT2D eigenvalue weighted by atomic mass is 19.1. The van der Waals surface area contributed by atoms with Crippen molar-refractivity contribution in [1.82, 2.24) is 10.2 Å². The van der Waals surface area contributed by atoms with Crippen LogP contribution in [-0.4, -0.2) is 105 Å². The van der Waals surface area contributed by atoms with E-state index >= 15 is 0 Å². The first-order valence-electron chi connectivity index (χ1n) is 17.4. The summed E-state index contributed by atoms with van der Waals surface area (Å²) in [5, 5.41) is 46.4. The van der Waals surface area contributed by atoms with Gasteiger partial charge in [-0.15, -0.1) is 0 Å². The zero-order valence-electron chi connectivity index (χ0n) is 29.4. The van der Waals surface area contributed by atoms with Crippen LogP contribution >= 0.6 is 0 Å². The van der Waals surface area contributed by atoms with Gasteiger partial charge in [-0.1, -0.05) is 50.2 Å². The molecule has 3 aliphatic heterocycles. The summed E-state index contributed by atoms with van der Waals surface area (Å²) < 4.78 is 25.6. The van der Waals surface area contributed by atoms with Crippen LogP contribution in [0.3, 0.4) is 0 Å². The second-order valence-corrected chi connectivity index (χ2v) is 15.4. The Balaban J connectivity index is 1.13. The van der Waals surface area contributed by atoms with Crippen molar-refractivity contribution in [1.29, 1.82) is 0 Å². The van der Waals surface area contributed by atoms with Crippen molar-refractivity contribution in [3.8, 4) is 0 Å². The van der Waals surface area contributed by atoms with Gasteiger partial charge in [0.15, 0.2) is 5.60 Å². The number of nitrogens with zero attached hydrogens (tertiary/aromatic N) is 1. The predicted molar refractivity (Wildman–Crippen MR) is 181 cm³/mol. The number of nitrogens with one attached hydrogen (secondary N) is 1. The number of amides is 1. The Morgan fingerprint density at radius 1 is 1.04 bits per heavy atom. The van der Waals surface area contributed by atoms with Gasteiger partial charge in [-0.25, -0.2) is 4.39 Å². The van der Waals surface area contributed by atoms with E-state index in [1.165, 1.54) is 13.8 Å². The molecule has 3 heterocycles. The lowest BCUT2D eigenvalue weighted by Crippen LogP contribution is -2.70. The number of likely N-dealkylation sites (tertiary alicyclic amines) is 1. The van der Waals surface area contributed by atoms with Gasteiger partial charge in [0.2, 0.25) is 11.7 Å². The van der Waals surface area contributed by atoms with Crippen molar-refractivity contribution in [3.05, 3.63) is 70.3 Å². The van der Waals surface area contributed by atoms with Crippen molar-refractivity contribution >= 4 is 11.7 Å². The summed E-state index contributed by atoms with van der Waals surface area (Å²) in [5.74, 6) is -1.87. The highest BCUT2D eigenvalue weighted by Gasteiger charge is 2.71. The van der Waals surface area contributed by atoms with E-state index in [4.69, 9.17) is 9.47 Å². The van der Waals surface area contributed by atoms with Gasteiger partial charge in [-0.05, 0) is 74.8 Å². The Morgan fingerprint density at radius 2 is 1.73 bits per heavy atom. The highest BCUT2D eigenvalue weighted by molar-refractivity contribution is 5.89. The first-order valence-corrected chi connectivity index (χ1v) is 17.4. The molecule has 10 nitrogen and oxygen atoms in total. The fourth-order valence-corrected chi connectivity index (χ4v) is 7.31. The molecule has 5 rings (SSSR count). The van der Waals surface area contributed by atoms with Crippen LogP contribution in [0.5, 0.6) is 0 Å². The number of aryl methyl sites for hydroxylation is 2. The van der Waals surface area contributed by atoms with Crippen LogP contribution in [-0.2, 0) is 37.7 Å². The van der Waals surface area contributed by atoms with Crippen LogP contribution in [0.2, 0.25) is 0 Å². The zero-order chi connectivity index (χ0) is 35.8. The standard InChI is InChI=1S/C38H53FN2O8/c1-24-9-14-28(38-33(45)31(43)32(44)37(49-38,23-48-38)36(4,5)47)20-27(24)19-26-12-10-25(11-13-26)7-6-8-30(42)21-35(2,3)34(46)40-16-18-41-17-15-29(39)22-41/h9-14,20,29,31-33,43-45,47H,6-8,15-19,21-23H2,1-5H3,(H,40,46)/t29-,31+,32+,33-,37+,38+/m1/s1. The molecule has 1 amide bonds. The average molecular weight is 685 g/mol. The van der Waals surface area contributed by atoms with E-state index in [2.05, 4.69) is 5.32 Å². The summed E-state index contributed by atoms with van der Waals surface area (Å²) >= 11 is 0. The minimum atomic E-state index is -1.75. The van der Waals surface area contributed by atoms with Crippen LogP contribution in [0.4, 0.5) is 4.39 Å². The van der Waals surface area contributed by atoms with E-state index in [9.17, 15) is 34.4 Å². The van der Waals surface area contributed by atoms with Gasteiger partial charge in [0, 0.05) is 44.6 Å². The molecule has 0 saturated carbocycles. The number of benzene rings is 2. The molecule has 0 radical (unpaired) electrons. The number of alkyl halides is 1. The van der Waals surface area contributed by atoms with E-state index in [1.807, 2.05) is 48.2 Å². The van der Waals surface area contributed by atoms with Gasteiger partial charge in [-0.3, -0.25) is 14.5 Å². The van der Waals surface area contributed by atoms with Gasteiger partial charge < -0.3 is 35.2 Å². The predicted octanol–water partition coefficient (Wildman–Crippen LogP) is 2.86. The average Bonchev–Trinajstić information content (AvgIpc) is 3.64. The molecule has 3 aliphatic rings. The number of carbonyl (C=O) groups excluding carboxylic acids is 2. The molecule has 5 N–H and O–H groups in total. The number of hydrogen-bond donors (Lipinski definition) is 5. The molecule has 0 spiro atoms. The Kier molecular flexibility index (Phi) is 11.1. The summed E-state index contributed by atoms with van der Waals surface area (Å²) in [6, 6.07) is 13.7. The molecule has 2 aromatic rings. The summed E-state index contributed by atoms with van der Waals surface area (Å²) in [7, 11) is 0. The number of ketones is 1. The number of halogens is 1. The van der Waals surface area contributed by atoms with Crippen molar-refractivity contribution < 1.29 is 43.9 Å². The summed E-state index contributed by atoms with van der Waals surface area (Å²) in [6.07, 6.45) is -2.44. The molecule has 11 heteroatoms. The van der Waals surface area contributed by atoms with Crippen molar-refractivity contribution in [2.24, 2.45) is 5.41 Å². The van der Waals surface area contributed by atoms with Gasteiger partial charge in [0.05, 0.1) is 17.6 Å². The van der Waals surface area contributed by atoms with Crippen LogP contribution in [0.15, 0.2) is 42.5 Å². The van der Waals surface area contributed by atoms with Crippen LogP contribution in [0, 0.1) is 12.3 Å². The molecule has 49 heavy (non-hydrogen) atoms. The molecule has 270 valence electrons. The largest absolute Gasteiger partial charge is 0.387 e. The fourth-order valence-electron chi connectivity index (χ4n) is 7.31. The molecule has 2 aromatic carbocycles. The van der Waals surface area contributed by atoms with E-state index in [-0.39, 0.29) is 24.7 Å². The number of aliphatic hydroxyl groups is 4. The highest BCUT2D eigenvalue weighted by Crippen LogP contribution is 2.53. The number of hydrogen-bond acceptors (Lipinski definition) is 9. The third-order valence-electron chi connectivity index (χ3n) is 10.7. The van der Waals surface area contributed by atoms with Gasteiger partial charge >= 0.3 is 0 Å². The maximum atomic E-state index is 13.4. The lowest BCUT2D eigenvalue weighted by molar-refractivity contribution is -0.348. The summed E-state index contributed by atoms with van der Waals surface area (Å²) in [5.41, 5.74) is 0.604. The quantitative estimate of drug-likeness (QED) is 0.203. The molecule has 3 saturated heterocycles. The van der Waals surface area contributed by atoms with E-state index in [1.54, 1.807) is 19.9 Å². The number of Topliss-reactive ketones (excluding diaryl/α,β-unsaturated/α-hetero) is 1. The Morgan fingerprint density at radius 3 is 2.39 bits per heavy atom. The summed E-state index contributed by atoms with van der Waals surface area (Å²) in [6.45, 7) is 10.5. The Labute approximate surface area is 288 Å². The van der Waals surface area contributed by atoms with Crippen molar-refractivity contribution in [2.75, 3.05) is 32.8 Å². The van der Waals surface area contributed by atoms with Crippen LogP contribution in [0.1, 0.15) is 81.2 Å². The molecular formula is C38H53FN2O8. The van der Waals surface area contributed by atoms with E-state index in [0.717, 1.165) is 28.7 Å². The maximum Gasteiger partial charge on any atom is 0.226 e. The topological polar surface area (TPSA) is 149 Å². The Bertz CT molecular complexity index is 1490. The SMILES string of the molecule is Cc1ccc([C@]23OC[C@](C(C)(C)O)(O2)[C@@H](O)[C@H](O)[C@H]3O)cc1Cc1ccc(CCCC(=O)CC(C)(C)C(=O)NCCN2CC[C@@H](F)C2)cc1. The minimum absolute atomic E-state index is 0.0477. The number of rotatable bonds is 14. The van der Waals surface area contributed by atoms with Crippen LogP contribution in [0.25, 0.3) is 0 Å². The van der Waals surface area contributed by atoms with Gasteiger partial charge in [0.1, 0.15) is 30.3 Å². The maximum absolute atomic E-state index is 13.4. The van der Waals surface area contributed by atoms with Crippen LogP contribution < -0.4 is 5.32 Å². The lowest BCUT2D eigenvalue weighted by Gasteiger charge is -2.50. The third-order valence-corrected chi connectivity index (χ3v) is 10.7. The molecule has 0 aromatic heterocycles. The van der Waals surface area contributed by atoms with Crippen molar-refractivity contribution in [3.63, 3.8) is 0 Å². The van der Waals surface area contributed by atoms with Gasteiger partial charge in [-0.2, -0.15) is 0 Å². The van der Waals surface area contributed by atoms with Gasteiger partial charge in [0.25, 0.3) is 0 Å². The smallest absolute Gasteiger partial charge is 0.226 e. The van der Waals surface area contributed by atoms with Crippen molar-refractivity contribution in [2.45, 2.75) is 115 Å². The monoisotopic (exact) mass is 684 g/mol. The summed E-state index contributed by atoms with van der Waals surface area (Å²) in [4.78, 5) is 27.5. The van der Waals surface area contributed by atoms with E-state index < -0.39 is 46.9 Å². The first-order chi connectivity index (χ1) is 23.0. The molecule has 3 fully saturated rings. The number of fused-ring (bicyclic) bond motifs is 2. The second kappa shape index (κ2) is 14.5. The van der Waals surface area contributed by atoms with E-state index in [0.29, 0.717) is 57.4 Å². The number of carbonyl (C=O) groups is 2. The lowest BCUT2D eigenvalue weighted by atomic mass is 9.75. The molecule has 6 atom stereocenters. The Hall–Kier alpha value is -2.77.